The van der Waals surface area contributed by atoms with Gasteiger partial charge in [0.1, 0.15) is 5.82 Å². The van der Waals surface area contributed by atoms with Crippen LogP contribution in [0.15, 0.2) is 18.2 Å². The Kier molecular flexibility index (Phi) is 4.90. The molecule has 1 heterocycles. The fraction of sp³-hybridized carbons (Fsp3) is 0.357. The lowest BCUT2D eigenvalue weighted by molar-refractivity contribution is 0.628. The number of halogens is 2. The summed E-state index contributed by atoms with van der Waals surface area (Å²) >= 11 is 6.12. The molecule has 2 rings (SSSR count). The number of nitrogens with one attached hydrogen (secondary N) is 1. The molecule has 0 aliphatic rings. The van der Waals surface area contributed by atoms with E-state index in [1.165, 1.54) is 18.2 Å². The average molecular weight is 310 g/mol. The van der Waals surface area contributed by atoms with Crippen molar-refractivity contribution in [3.05, 3.63) is 29.0 Å². The molecule has 0 saturated heterocycles. The number of anilines is 2. The molecular weight excluding hydrogens is 293 g/mol. The van der Waals surface area contributed by atoms with Crippen molar-refractivity contribution in [3.8, 4) is 11.4 Å². The summed E-state index contributed by atoms with van der Waals surface area (Å²) in [4.78, 5) is 14.7. The van der Waals surface area contributed by atoms with Gasteiger partial charge in [0.2, 0.25) is 11.9 Å². The van der Waals surface area contributed by atoms with E-state index in [-0.39, 0.29) is 5.82 Å². The fourth-order valence-electron chi connectivity index (χ4n) is 1.67. The number of hydrogen-bond acceptors (Lipinski definition) is 5. The molecule has 0 radical (unpaired) electrons. The maximum Gasteiger partial charge on any atom is 0.230 e. The minimum absolute atomic E-state index is 0.344. The van der Waals surface area contributed by atoms with Crippen LogP contribution in [0.3, 0.4) is 0 Å². The first kappa shape index (κ1) is 15.4. The second kappa shape index (κ2) is 6.67. The largest absolute Gasteiger partial charge is 0.354 e. The number of benzene rings is 1. The monoisotopic (exact) mass is 309 g/mol. The second-order valence-electron chi connectivity index (χ2n) is 4.73. The molecule has 5 nitrogen and oxygen atoms in total. The zero-order valence-corrected chi connectivity index (χ0v) is 12.9. The normalized spacial score (nSPS) is 10.5. The van der Waals surface area contributed by atoms with E-state index in [4.69, 9.17) is 11.6 Å². The molecule has 0 amide bonds. The molecule has 1 aromatic heterocycles. The number of rotatable bonds is 5. The fourth-order valence-corrected chi connectivity index (χ4v) is 1.87. The summed E-state index contributed by atoms with van der Waals surface area (Å²) in [6.45, 7) is 2.79. The van der Waals surface area contributed by atoms with Crippen molar-refractivity contribution >= 4 is 23.5 Å². The zero-order valence-electron chi connectivity index (χ0n) is 12.2. The van der Waals surface area contributed by atoms with Gasteiger partial charge in [-0.15, -0.1) is 0 Å². The Labute approximate surface area is 128 Å². The van der Waals surface area contributed by atoms with Crippen molar-refractivity contribution in [2.75, 3.05) is 30.9 Å². The van der Waals surface area contributed by atoms with Gasteiger partial charge in [-0.2, -0.15) is 15.0 Å². The smallest absolute Gasteiger partial charge is 0.230 e. The lowest BCUT2D eigenvalue weighted by atomic mass is 10.2. The van der Waals surface area contributed by atoms with E-state index in [2.05, 4.69) is 20.3 Å². The number of hydrogen-bond donors (Lipinski definition) is 1. The van der Waals surface area contributed by atoms with Gasteiger partial charge in [0.15, 0.2) is 5.82 Å². The molecule has 2 aromatic rings. The Bertz CT molecular complexity index is 633. The Hall–Kier alpha value is -1.95. The van der Waals surface area contributed by atoms with Crippen molar-refractivity contribution < 1.29 is 4.39 Å². The summed E-state index contributed by atoms with van der Waals surface area (Å²) in [5.74, 6) is 0.894. The van der Waals surface area contributed by atoms with E-state index in [1.54, 1.807) is 4.90 Å². The van der Waals surface area contributed by atoms with E-state index in [1.807, 2.05) is 21.0 Å². The van der Waals surface area contributed by atoms with Crippen molar-refractivity contribution in [2.24, 2.45) is 0 Å². The molecule has 0 saturated carbocycles. The van der Waals surface area contributed by atoms with Crippen LogP contribution in [0.4, 0.5) is 16.3 Å². The predicted octanol–water partition coefficient (Wildman–Crippen LogP) is 3.22. The first-order chi connectivity index (χ1) is 10.0. The van der Waals surface area contributed by atoms with Gasteiger partial charge in [-0.05, 0) is 24.6 Å². The molecule has 0 bridgehead atoms. The first-order valence-corrected chi connectivity index (χ1v) is 7.01. The molecule has 0 fully saturated rings. The van der Waals surface area contributed by atoms with Gasteiger partial charge in [-0.25, -0.2) is 4.39 Å². The molecule has 21 heavy (non-hydrogen) atoms. The van der Waals surface area contributed by atoms with Gasteiger partial charge < -0.3 is 10.2 Å². The third kappa shape index (κ3) is 3.78. The maximum atomic E-state index is 13.4. The number of nitrogens with zero attached hydrogens (tertiary/aromatic N) is 4. The van der Waals surface area contributed by atoms with Crippen LogP contribution in [-0.4, -0.2) is 35.6 Å². The van der Waals surface area contributed by atoms with Crippen molar-refractivity contribution in [3.63, 3.8) is 0 Å². The molecule has 1 N–H and O–H groups in total. The highest BCUT2D eigenvalue weighted by molar-refractivity contribution is 6.33. The summed E-state index contributed by atoms with van der Waals surface area (Å²) in [5, 5.41) is 3.51. The summed E-state index contributed by atoms with van der Waals surface area (Å²) in [7, 11) is 3.66. The third-order valence-corrected chi connectivity index (χ3v) is 3.06. The molecular formula is C14H17ClFN5. The average Bonchev–Trinajstić information content (AvgIpc) is 2.47. The highest BCUT2D eigenvalue weighted by Crippen LogP contribution is 2.27. The molecule has 0 spiro atoms. The van der Waals surface area contributed by atoms with Gasteiger partial charge >= 0.3 is 0 Å². The predicted molar refractivity (Wildman–Crippen MR) is 83.3 cm³/mol. The molecule has 0 unspecified atom stereocenters. The summed E-state index contributed by atoms with van der Waals surface area (Å²) in [6.07, 6.45) is 0.943. The van der Waals surface area contributed by atoms with Crippen LogP contribution in [-0.2, 0) is 0 Å². The molecule has 112 valence electrons. The van der Waals surface area contributed by atoms with Crippen molar-refractivity contribution in [1.82, 2.24) is 15.0 Å². The lowest BCUT2D eigenvalue weighted by Gasteiger charge is -2.14. The van der Waals surface area contributed by atoms with Crippen LogP contribution >= 0.6 is 11.6 Å². The van der Waals surface area contributed by atoms with Gasteiger partial charge in [-0.1, -0.05) is 18.5 Å². The van der Waals surface area contributed by atoms with Gasteiger partial charge in [-0.3, -0.25) is 0 Å². The van der Waals surface area contributed by atoms with Crippen LogP contribution in [0.1, 0.15) is 13.3 Å². The molecule has 0 aliphatic heterocycles. The van der Waals surface area contributed by atoms with E-state index in [0.29, 0.717) is 28.3 Å². The van der Waals surface area contributed by atoms with E-state index >= 15 is 0 Å². The standard InChI is InChI=1S/C14H17ClFN5/c1-4-7-17-13-18-12(19-14(20-13)21(2)3)10-8-9(16)5-6-11(10)15/h5-6,8H,4,7H2,1-3H3,(H,17,18,19,20). The highest BCUT2D eigenvalue weighted by atomic mass is 35.5. The number of aromatic nitrogens is 3. The van der Waals surface area contributed by atoms with Gasteiger partial charge in [0.05, 0.1) is 5.02 Å². The Morgan fingerprint density at radius 1 is 1.24 bits per heavy atom. The minimum atomic E-state index is -0.385. The minimum Gasteiger partial charge on any atom is -0.354 e. The van der Waals surface area contributed by atoms with Crippen LogP contribution in [0.2, 0.25) is 5.02 Å². The SMILES string of the molecule is CCCNc1nc(-c2cc(F)ccc2Cl)nc(N(C)C)n1. The third-order valence-electron chi connectivity index (χ3n) is 2.73. The van der Waals surface area contributed by atoms with Gasteiger partial charge in [0, 0.05) is 26.2 Å². The lowest BCUT2D eigenvalue weighted by Crippen LogP contribution is -2.16. The van der Waals surface area contributed by atoms with Crippen LogP contribution in [0, 0.1) is 5.82 Å². The van der Waals surface area contributed by atoms with Crippen LogP contribution in [0.5, 0.6) is 0 Å². The first-order valence-electron chi connectivity index (χ1n) is 6.64. The highest BCUT2D eigenvalue weighted by Gasteiger charge is 2.13. The van der Waals surface area contributed by atoms with E-state index < -0.39 is 0 Å². The van der Waals surface area contributed by atoms with Gasteiger partial charge in [0.25, 0.3) is 0 Å². The van der Waals surface area contributed by atoms with Crippen LogP contribution in [0.25, 0.3) is 11.4 Å². The second-order valence-corrected chi connectivity index (χ2v) is 5.14. The zero-order chi connectivity index (χ0) is 15.4. The molecule has 7 heteroatoms. The Morgan fingerprint density at radius 2 is 2.00 bits per heavy atom. The summed E-state index contributed by atoms with van der Waals surface area (Å²) < 4.78 is 13.4. The Balaban J connectivity index is 2.51. The summed E-state index contributed by atoms with van der Waals surface area (Å²) in [6, 6.07) is 4.11. The molecule has 0 aliphatic carbocycles. The Morgan fingerprint density at radius 3 is 2.67 bits per heavy atom. The van der Waals surface area contributed by atoms with Crippen molar-refractivity contribution in [2.45, 2.75) is 13.3 Å². The van der Waals surface area contributed by atoms with E-state index in [9.17, 15) is 4.39 Å². The van der Waals surface area contributed by atoms with E-state index in [0.717, 1.165) is 13.0 Å². The molecule has 0 atom stereocenters. The maximum absolute atomic E-state index is 13.4. The topological polar surface area (TPSA) is 53.9 Å². The molecule has 1 aromatic carbocycles. The quantitative estimate of drug-likeness (QED) is 0.919. The van der Waals surface area contributed by atoms with Crippen molar-refractivity contribution in [1.29, 1.82) is 0 Å². The summed E-state index contributed by atoms with van der Waals surface area (Å²) in [5.41, 5.74) is 0.446. The van der Waals surface area contributed by atoms with Crippen LogP contribution < -0.4 is 10.2 Å².